The number of hydrogen-bond donors (Lipinski definition) is 0. The van der Waals surface area contributed by atoms with Crippen molar-refractivity contribution in [3.05, 3.63) is 48.2 Å². The van der Waals surface area contributed by atoms with E-state index in [9.17, 15) is 9.59 Å². The van der Waals surface area contributed by atoms with Gasteiger partial charge in [0.25, 0.3) is 0 Å². The highest BCUT2D eigenvalue weighted by atomic mass is 127. The van der Waals surface area contributed by atoms with E-state index >= 15 is 0 Å². The van der Waals surface area contributed by atoms with Crippen LogP contribution in [0.25, 0.3) is 0 Å². The number of esters is 1. The van der Waals surface area contributed by atoms with Crippen molar-refractivity contribution in [2.75, 3.05) is 11.0 Å². The number of carbonyl (C=O) groups excluding carboxylic acids is 2. The van der Waals surface area contributed by atoms with Gasteiger partial charge in [0.1, 0.15) is 0 Å². The van der Waals surface area contributed by atoms with Crippen molar-refractivity contribution in [1.29, 1.82) is 0 Å². The summed E-state index contributed by atoms with van der Waals surface area (Å²) in [5, 5.41) is 0. The summed E-state index contributed by atoms with van der Waals surface area (Å²) in [5.74, 6) is -0.625. The van der Waals surface area contributed by atoms with Gasteiger partial charge in [-0.05, 0) is 18.6 Å². The van der Waals surface area contributed by atoms with Gasteiger partial charge in [0.2, 0.25) is 0 Å². The molecule has 1 rings (SSSR count). The van der Waals surface area contributed by atoms with E-state index in [1.807, 2.05) is 13.0 Å². The third-order valence-electron chi connectivity index (χ3n) is 2.55. The third-order valence-corrected chi connectivity index (χ3v) is 3.06. The average molecular weight is 387 g/mol. The lowest BCUT2D eigenvalue weighted by molar-refractivity contribution is 0.0571. The van der Waals surface area contributed by atoms with Gasteiger partial charge < -0.3 is 4.74 Å². The predicted molar refractivity (Wildman–Crippen MR) is 86.9 cm³/mol. The number of alkyl halides is 1. The van der Waals surface area contributed by atoms with Crippen molar-refractivity contribution in [3.63, 3.8) is 0 Å². The SMILES string of the molecule is CCCCN(C=CCI)C(=O)OC(=O)c1ccccc1. The van der Waals surface area contributed by atoms with E-state index in [0.717, 1.165) is 17.3 Å². The number of amides is 1. The Hall–Kier alpha value is -1.37. The van der Waals surface area contributed by atoms with Crippen molar-refractivity contribution in [2.24, 2.45) is 0 Å². The number of unbranched alkanes of at least 4 members (excludes halogenated alkanes) is 1. The minimum Gasteiger partial charge on any atom is -0.372 e. The van der Waals surface area contributed by atoms with E-state index in [1.165, 1.54) is 4.90 Å². The highest BCUT2D eigenvalue weighted by molar-refractivity contribution is 14.1. The summed E-state index contributed by atoms with van der Waals surface area (Å²) >= 11 is 2.18. The Labute approximate surface area is 132 Å². The summed E-state index contributed by atoms with van der Waals surface area (Å²) < 4.78 is 5.68. The van der Waals surface area contributed by atoms with Crippen LogP contribution in [0.4, 0.5) is 4.79 Å². The highest BCUT2D eigenvalue weighted by Crippen LogP contribution is 2.06. The summed E-state index contributed by atoms with van der Waals surface area (Å²) in [6, 6.07) is 8.49. The maximum absolute atomic E-state index is 12.0. The minimum atomic E-state index is -0.631. The van der Waals surface area contributed by atoms with Gasteiger partial charge in [0.05, 0.1) is 5.56 Å². The zero-order chi connectivity index (χ0) is 14.8. The van der Waals surface area contributed by atoms with Gasteiger partial charge >= 0.3 is 12.1 Å². The molecule has 0 N–H and O–H groups in total. The molecule has 0 aromatic heterocycles. The molecule has 108 valence electrons. The fourth-order valence-corrected chi connectivity index (χ4v) is 1.72. The Morgan fingerprint density at radius 2 is 2.00 bits per heavy atom. The zero-order valence-electron chi connectivity index (χ0n) is 11.4. The first-order chi connectivity index (χ1) is 9.69. The largest absolute Gasteiger partial charge is 0.421 e. The van der Waals surface area contributed by atoms with Crippen LogP contribution < -0.4 is 0 Å². The molecule has 0 bridgehead atoms. The maximum Gasteiger partial charge on any atom is 0.421 e. The number of ether oxygens (including phenoxy) is 1. The van der Waals surface area contributed by atoms with Gasteiger partial charge in [-0.3, -0.25) is 4.90 Å². The molecule has 1 amide bonds. The lowest BCUT2D eigenvalue weighted by Gasteiger charge is -2.16. The summed E-state index contributed by atoms with van der Waals surface area (Å²) in [6.45, 7) is 2.59. The minimum absolute atomic E-state index is 0.370. The van der Waals surface area contributed by atoms with Crippen molar-refractivity contribution >= 4 is 34.7 Å². The lowest BCUT2D eigenvalue weighted by atomic mass is 10.2. The molecule has 1 aromatic carbocycles. The van der Waals surface area contributed by atoms with Crippen LogP contribution >= 0.6 is 22.6 Å². The molecular weight excluding hydrogens is 369 g/mol. The van der Waals surface area contributed by atoms with Crippen LogP contribution in [0.2, 0.25) is 0 Å². The van der Waals surface area contributed by atoms with Gasteiger partial charge in [-0.15, -0.1) is 0 Å². The maximum atomic E-state index is 12.0. The normalized spacial score (nSPS) is 10.5. The Morgan fingerprint density at radius 1 is 1.30 bits per heavy atom. The monoisotopic (exact) mass is 387 g/mol. The molecule has 0 saturated carbocycles. The average Bonchev–Trinajstić information content (AvgIpc) is 2.48. The van der Waals surface area contributed by atoms with Crippen molar-refractivity contribution < 1.29 is 14.3 Å². The number of hydrogen-bond acceptors (Lipinski definition) is 3. The van der Waals surface area contributed by atoms with Crippen LogP contribution in [0.3, 0.4) is 0 Å². The number of allylic oxidation sites excluding steroid dienone is 1. The Morgan fingerprint density at radius 3 is 2.60 bits per heavy atom. The van der Waals surface area contributed by atoms with Gasteiger partial charge in [-0.2, -0.15) is 0 Å². The molecule has 0 unspecified atom stereocenters. The molecule has 5 heteroatoms. The molecule has 1 aromatic rings. The molecule has 0 aliphatic rings. The quantitative estimate of drug-likeness (QED) is 0.321. The molecule has 4 nitrogen and oxygen atoms in total. The molecule has 0 atom stereocenters. The van der Waals surface area contributed by atoms with E-state index in [1.54, 1.807) is 36.5 Å². The standard InChI is InChI=1S/C15H18INO3/c1-2-3-11-17(12-7-10-16)15(19)20-14(18)13-8-5-4-6-9-13/h4-9,12H,2-3,10-11H2,1H3. The first-order valence-electron chi connectivity index (χ1n) is 6.49. The van der Waals surface area contributed by atoms with E-state index in [0.29, 0.717) is 12.1 Å². The highest BCUT2D eigenvalue weighted by Gasteiger charge is 2.17. The first kappa shape index (κ1) is 16.7. The molecule has 20 heavy (non-hydrogen) atoms. The topological polar surface area (TPSA) is 46.6 Å². The predicted octanol–water partition coefficient (Wildman–Crippen LogP) is 4.01. The molecule has 0 aliphatic carbocycles. The van der Waals surface area contributed by atoms with Crippen LogP contribution in [0, 0.1) is 0 Å². The zero-order valence-corrected chi connectivity index (χ0v) is 13.6. The molecule has 0 spiro atoms. The van der Waals surface area contributed by atoms with E-state index < -0.39 is 12.1 Å². The first-order valence-corrected chi connectivity index (χ1v) is 8.02. The van der Waals surface area contributed by atoms with Crippen molar-refractivity contribution in [3.8, 4) is 0 Å². The van der Waals surface area contributed by atoms with E-state index in [4.69, 9.17) is 4.74 Å². The molecule has 0 aliphatic heterocycles. The van der Waals surface area contributed by atoms with Crippen LogP contribution in [-0.2, 0) is 4.74 Å². The Bertz CT molecular complexity index is 459. The fraction of sp³-hybridized carbons (Fsp3) is 0.333. The summed E-state index contributed by atoms with van der Waals surface area (Å²) in [6.07, 6.45) is 4.72. The van der Waals surface area contributed by atoms with Gasteiger partial charge in [-0.1, -0.05) is 60.2 Å². The second-order valence-corrected chi connectivity index (χ2v) is 4.99. The van der Waals surface area contributed by atoms with Crippen LogP contribution in [0.1, 0.15) is 30.1 Å². The lowest BCUT2D eigenvalue weighted by Crippen LogP contribution is -2.29. The number of rotatable bonds is 6. The summed E-state index contributed by atoms with van der Waals surface area (Å²) in [7, 11) is 0. The smallest absolute Gasteiger partial charge is 0.372 e. The van der Waals surface area contributed by atoms with Crippen molar-refractivity contribution in [1.82, 2.24) is 4.90 Å². The Balaban J connectivity index is 2.65. The second kappa shape index (κ2) is 9.52. The molecule has 0 fully saturated rings. The van der Waals surface area contributed by atoms with E-state index in [-0.39, 0.29) is 0 Å². The van der Waals surface area contributed by atoms with Crippen molar-refractivity contribution in [2.45, 2.75) is 19.8 Å². The fourth-order valence-electron chi connectivity index (χ4n) is 1.49. The van der Waals surface area contributed by atoms with Crippen LogP contribution in [0.5, 0.6) is 0 Å². The van der Waals surface area contributed by atoms with Gasteiger partial charge in [-0.25, -0.2) is 9.59 Å². The molecule has 0 heterocycles. The summed E-state index contributed by atoms with van der Waals surface area (Å²) in [4.78, 5) is 25.2. The number of benzene rings is 1. The second-order valence-electron chi connectivity index (χ2n) is 4.11. The molecule has 0 radical (unpaired) electrons. The number of nitrogens with zero attached hydrogens (tertiary/aromatic N) is 1. The van der Waals surface area contributed by atoms with Crippen LogP contribution in [0.15, 0.2) is 42.6 Å². The number of halogens is 1. The van der Waals surface area contributed by atoms with Crippen LogP contribution in [-0.4, -0.2) is 27.9 Å². The molecule has 0 saturated heterocycles. The van der Waals surface area contributed by atoms with Gasteiger partial charge in [0.15, 0.2) is 0 Å². The summed E-state index contributed by atoms with van der Waals surface area (Å²) in [5.41, 5.74) is 0.370. The molecular formula is C15H18INO3. The Kier molecular flexibility index (Phi) is 7.94. The van der Waals surface area contributed by atoms with Gasteiger partial charge in [0, 0.05) is 17.2 Å². The number of carbonyl (C=O) groups is 2. The third kappa shape index (κ3) is 5.73. The van der Waals surface area contributed by atoms with E-state index in [2.05, 4.69) is 22.6 Å².